The molecule has 0 saturated carbocycles. The average Bonchev–Trinajstić information content (AvgIpc) is 3.29. The van der Waals surface area contributed by atoms with Gasteiger partial charge in [0.05, 0.1) is 23.6 Å². The van der Waals surface area contributed by atoms with Crippen molar-refractivity contribution in [3.05, 3.63) is 177 Å². The minimum atomic E-state index is -0.739. The third-order valence-electron chi connectivity index (χ3n) is 12.1. The number of carbonyl (C=O) groups excluding carboxylic acids is 2. The van der Waals surface area contributed by atoms with E-state index in [1.807, 2.05) is 91.0 Å². The summed E-state index contributed by atoms with van der Waals surface area (Å²) in [5.74, 6) is 0.291. The van der Waals surface area contributed by atoms with Gasteiger partial charge in [-0.15, -0.1) is 0 Å². The van der Waals surface area contributed by atoms with Crippen LogP contribution >= 0.6 is 0 Å². The summed E-state index contributed by atoms with van der Waals surface area (Å²) in [7, 11) is 0. The highest BCUT2D eigenvalue weighted by Crippen LogP contribution is 2.34. The number of fused-ring (bicyclic) bond motifs is 4. The van der Waals surface area contributed by atoms with Crippen molar-refractivity contribution in [2.75, 3.05) is 19.6 Å². The molecule has 0 aliphatic carbocycles. The molecule has 4 heterocycles. The predicted octanol–water partition coefficient (Wildman–Crippen LogP) is 8.78. The maximum Gasteiger partial charge on any atom is 0.338 e. The van der Waals surface area contributed by atoms with E-state index in [1.54, 1.807) is 24.3 Å². The predicted molar refractivity (Wildman–Crippen MR) is 233 cm³/mol. The summed E-state index contributed by atoms with van der Waals surface area (Å²) in [5, 5.41) is 21.7. The molecule has 0 amide bonds. The number of esters is 2. The first-order valence-corrected chi connectivity index (χ1v) is 21.3. The lowest BCUT2D eigenvalue weighted by Crippen LogP contribution is -2.52. The van der Waals surface area contributed by atoms with Crippen molar-refractivity contribution in [1.29, 1.82) is 0 Å². The lowest BCUT2D eigenvalue weighted by atomic mass is 9.85. The molecule has 3 aliphatic rings. The third kappa shape index (κ3) is 10.6. The molecule has 0 radical (unpaired) electrons. The van der Waals surface area contributed by atoms with E-state index in [2.05, 4.69) is 9.88 Å². The molecule has 10 nitrogen and oxygen atoms in total. The van der Waals surface area contributed by atoms with Gasteiger partial charge in [-0.1, -0.05) is 91.3 Å². The Morgan fingerprint density at radius 2 is 1.52 bits per heavy atom. The zero-order chi connectivity index (χ0) is 42.1. The van der Waals surface area contributed by atoms with Crippen molar-refractivity contribution < 1.29 is 34.0 Å². The molecule has 3 atom stereocenters. The Bertz CT molecular complexity index is 2510. The first-order valence-electron chi connectivity index (χ1n) is 21.3. The molecule has 2 bridgehead atoms. The molecule has 3 fully saturated rings. The molecule has 10 heteroatoms. The topological polar surface area (TPSA) is 138 Å². The van der Waals surface area contributed by atoms with Gasteiger partial charge in [0.15, 0.2) is 0 Å². The monoisotopic (exact) mass is 820 g/mol. The van der Waals surface area contributed by atoms with Gasteiger partial charge in [-0.3, -0.25) is 14.5 Å². The molecule has 61 heavy (non-hydrogen) atoms. The minimum Gasteiger partial charge on any atom is -0.506 e. The van der Waals surface area contributed by atoms with Crippen molar-refractivity contribution in [1.82, 2.24) is 9.88 Å². The number of H-pyrrole nitrogens is 1. The first-order chi connectivity index (χ1) is 29.8. The highest BCUT2D eigenvalue weighted by atomic mass is 16.5. The fraction of sp³-hybridized carbons (Fsp3) is 0.314. The fourth-order valence-electron chi connectivity index (χ4n) is 8.80. The van der Waals surface area contributed by atoms with Crippen molar-refractivity contribution in [3.8, 4) is 11.5 Å². The van der Waals surface area contributed by atoms with Crippen LogP contribution in [0.25, 0.3) is 10.9 Å². The van der Waals surface area contributed by atoms with Gasteiger partial charge in [0.1, 0.15) is 30.8 Å². The summed E-state index contributed by atoms with van der Waals surface area (Å²) in [5.41, 5.74) is 5.93. The summed E-state index contributed by atoms with van der Waals surface area (Å²) >= 11 is 0. The number of aromatic nitrogens is 1. The number of aromatic amines is 1. The SMILES string of the molecule is O=C(C[C@@H](c1ccccc1)c1cccc(OCc2cccc(C(=O)OCc3cccc(CCCC[C@H](O)c4ccc(O)c5[nH]c(=O)ccc45)c3)c2)c1)O[C@H]1CN2CCC1CC2. The quantitative estimate of drug-likeness (QED) is 0.0609. The number of ether oxygens (including phenoxy) is 3. The van der Waals surface area contributed by atoms with Crippen LogP contribution in [0.3, 0.4) is 0 Å². The number of rotatable bonds is 17. The average molecular weight is 821 g/mol. The summed E-state index contributed by atoms with van der Waals surface area (Å²) in [4.78, 5) is 43.4. The van der Waals surface area contributed by atoms with E-state index in [1.165, 1.54) is 12.1 Å². The lowest BCUT2D eigenvalue weighted by molar-refractivity contribution is -0.159. The highest BCUT2D eigenvalue weighted by Gasteiger charge is 2.37. The van der Waals surface area contributed by atoms with Crippen LogP contribution in [-0.4, -0.2) is 57.8 Å². The number of nitrogens with zero attached hydrogens (tertiary/aromatic N) is 1. The molecule has 3 saturated heterocycles. The molecule has 314 valence electrons. The molecule has 9 rings (SSSR count). The number of unbranched alkanes of at least 4 members (excludes halogenated alkanes) is 1. The van der Waals surface area contributed by atoms with Crippen molar-refractivity contribution in [2.24, 2.45) is 5.92 Å². The standard InChI is InChI=1S/C51H52N2O8/c54-45(42-19-21-46(55)50-43(42)20-22-48(56)52-50)18-5-4-9-34-10-6-11-35(27-34)33-60-51(58)40-16-7-12-36(28-40)32-59-41-17-8-15-39(29-41)44(37-13-2-1-3-14-37)30-49(57)61-47-31-53-25-23-38(47)24-26-53/h1-3,6-8,10-17,19-22,27-29,38,44-45,47,54-55H,4-5,9,18,23-26,30-33H2,(H,52,56)/t44-,45-,47-/m0/s1. The lowest BCUT2D eigenvalue weighted by Gasteiger charge is -2.44. The molecular weight excluding hydrogens is 769 g/mol. The normalized spacial score (nSPS) is 18.0. The summed E-state index contributed by atoms with van der Waals surface area (Å²) in [6, 6.07) is 39.3. The molecule has 1 aromatic heterocycles. The van der Waals surface area contributed by atoms with Crippen molar-refractivity contribution >= 4 is 22.8 Å². The Morgan fingerprint density at radius 1 is 0.770 bits per heavy atom. The Balaban J connectivity index is 0.822. The second-order valence-corrected chi connectivity index (χ2v) is 16.3. The van der Waals surface area contributed by atoms with Crippen LogP contribution in [-0.2, 0) is 33.9 Å². The summed E-state index contributed by atoms with van der Waals surface area (Å²) in [6.45, 7) is 3.39. The molecular formula is C51H52N2O8. The van der Waals surface area contributed by atoms with E-state index in [0.29, 0.717) is 40.1 Å². The van der Waals surface area contributed by atoms with Crippen LogP contribution in [0.4, 0.5) is 0 Å². The number of pyridine rings is 1. The molecule has 0 spiro atoms. The van der Waals surface area contributed by atoms with Crippen LogP contribution in [0.2, 0.25) is 0 Å². The number of hydrogen-bond acceptors (Lipinski definition) is 9. The number of aryl methyl sites for hydroxylation is 1. The largest absolute Gasteiger partial charge is 0.506 e. The first kappa shape index (κ1) is 41.5. The van der Waals surface area contributed by atoms with Crippen LogP contribution in [0.15, 0.2) is 132 Å². The molecule has 3 N–H and O–H groups in total. The Hall–Kier alpha value is -6.23. The number of nitrogens with one attached hydrogen (secondary N) is 1. The van der Waals surface area contributed by atoms with Gasteiger partial charge in [0, 0.05) is 23.9 Å². The fourth-order valence-corrected chi connectivity index (χ4v) is 8.80. The van der Waals surface area contributed by atoms with Crippen LogP contribution in [0.1, 0.15) is 94.3 Å². The number of aliphatic hydroxyl groups excluding tert-OH is 1. The number of phenols is 1. The van der Waals surface area contributed by atoms with E-state index in [0.717, 1.165) is 79.6 Å². The second-order valence-electron chi connectivity index (χ2n) is 16.3. The molecule has 5 aromatic carbocycles. The Labute approximate surface area is 355 Å². The molecule has 6 aromatic rings. The third-order valence-corrected chi connectivity index (χ3v) is 12.1. The van der Waals surface area contributed by atoms with Gasteiger partial charge >= 0.3 is 11.9 Å². The van der Waals surface area contributed by atoms with Crippen LogP contribution < -0.4 is 10.3 Å². The number of piperidine rings is 3. The molecule has 3 aliphatic heterocycles. The molecule has 0 unspecified atom stereocenters. The zero-order valence-corrected chi connectivity index (χ0v) is 34.2. The number of aromatic hydroxyl groups is 1. The number of hydrogen-bond donors (Lipinski definition) is 3. The Morgan fingerprint density at radius 3 is 2.33 bits per heavy atom. The minimum absolute atomic E-state index is 0.0314. The van der Waals surface area contributed by atoms with Gasteiger partial charge in [-0.2, -0.15) is 0 Å². The smallest absolute Gasteiger partial charge is 0.338 e. The summed E-state index contributed by atoms with van der Waals surface area (Å²) < 4.78 is 18.1. The van der Waals surface area contributed by atoms with Gasteiger partial charge in [0.2, 0.25) is 5.56 Å². The highest BCUT2D eigenvalue weighted by molar-refractivity contribution is 5.89. The van der Waals surface area contributed by atoms with E-state index < -0.39 is 12.1 Å². The van der Waals surface area contributed by atoms with E-state index in [4.69, 9.17) is 14.2 Å². The van der Waals surface area contributed by atoms with E-state index in [-0.39, 0.29) is 48.9 Å². The van der Waals surface area contributed by atoms with E-state index in [9.17, 15) is 24.6 Å². The maximum atomic E-state index is 13.4. The maximum absolute atomic E-state index is 13.4. The van der Waals surface area contributed by atoms with Gasteiger partial charge in [0.25, 0.3) is 0 Å². The second kappa shape index (κ2) is 19.4. The number of carbonyl (C=O) groups is 2. The number of phenolic OH excluding ortho intramolecular Hbond substituents is 1. The van der Waals surface area contributed by atoms with Crippen LogP contribution in [0, 0.1) is 5.92 Å². The summed E-state index contributed by atoms with van der Waals surface area (Å²) in [6.07, 6.45) is 4.57. The Kier molecular flexibility index (Phi) is 13.2. The van der Waals surface area contributed by atoms with Crippen molar-refractivity contribution in [3.63, 3.8) is 0 Å². The number of benzene rings is 5. The zero-order valence-electron chi connectivity index (χ0n) is 34.2. The van der Waals surface area contributed by atoms with Crippen LogP contribution in [0.5, 0.6) is 11.5 Å². The van der Waals surface area contributed by atoms with Gasteiger partial charge in [-0.05, 0) is 121 Å². The van der Waals surface area contributed by atoms with Gasteiger partial charge in [-0.25, -0.2) is 4.79 Å². The number of aliphatic hydroxyl groups is 1. The van der Waals surface area contributed by atoms with E-state index >= 15 is 0 Å². The van der Waals surface area contributed by atoms with Gasteiger partial charge < -0.3 is 29.4 Å². The van der Waals surface area contributed by atoms with Crippen molar-refractivity contribution in [2.45, 2.75) is 76.3 Å².